The first-order valence-corrected chi connectivity index (χ1v) is 7.21. The summed E-state index contributed by atoms with van der Waals surface area (Å²) in [5.74, 6) is 0.753. The van der Waals surface area contributed by atoms with Gasteiger partial charge in [0.15, 0.2) is 0 Å². The summed E-state index contributed by atoms with van der Waals surface area (Å²) < 4.78 is 7.15. The lowest BCUT2D eigenvalue weighted by molar-refractivity contribution is 0.0740. The fourth-order valence-electron chi connectivity index (χ4n) is 2.21. The average molecular weight is 290 g/mol. The van der Waals surface area contributed by atoms with Crippen LogP contribution in [0.4, 0.5) is 0 Å². The molecule has 0 aliphatic rings. The van der Waals surface area contributed by atoms with Crippen molar-refractivity contribution in [3.8, 4) is 0 Å². The highest BCUT2D eigenvalue weighted by molar-refractivity contribution is 5.95. The van der Waals surface area contributed by atoms with E-state index in [2.05, 4.69) is 5.10 Å². The van der Waals surface area contributed by atoms with Crippen molar-refractivity contribution in [3.63, 3.8) is 0 Å². The first-order chi connectivity index (χ1) is 10.2. The molecule has 6 nitrogen and oxygen atoms in total. The van der Waals surface area contributed by atoms with Crippen LogP contribution in [0.1, 0.15) is 35.2 Å². The van der Waals surface area contributed by atoms with Crippen molar-refractivity contribution in [1.29, 1.82) is 0 Å². The molecule has 114 valence electrons. The zero-order chi connectivity index (χ0) is 15.2. The van der Waals surface area contributed by atoms with Gasteiger partial charge in [0.1, 0.15) is 5.76 Å². The lowest BCUT2D eigenvalue weighted by Crippen LogP contribution is -2.30. The van der Waals surface area contributed by atoms with Gasteiger partial charge >= 0.3 is 0 Å². The molecular weight excluding hydrogens is 268 g/mol. The molecule has 6 heteroatoms. The first kappa shape index (κ1) is 15.3. The van der Waals surface area contributed by atoms with E-state index in [0.717, 1.165) is 24.4 Å². The number of hydrogen-bond acceptors (Lipinski definition) is 4. The van der Waals surface area contributed by atoms with Gasteiger partial charge in [-0.05, 0) is 38.9 Å². The standard InChI is InChI=1S/C15H22N4O2/c1-3-18(11-13-6-4-9-21-13)15(20)14-10-17-19(12(14)2)8-5-7-16/h4,6,9-10H,3,5,7-8,11,16H2,1-2H3. The zero-order valence-corrected chi connectivity index (χ0v) is 12.6. The van der Waals surface area contributed by atoms with Crippen LogP contribution in [0.2, 0.25) is 0 Å². The normalized spacial score (nSPS) is 10.8. The van der Waals surface area contributed by atoms with Crippen molar-refractivity contribution in [2.45, 2.75) is 33.4 Å². The van der Waals surface area contributed by atoms with E-state index in [1.807, 2.05) is 30.7 Å². The summed E-state index contributed by atoms with van der Waals surface area (Å²) in [5, 5.41) is 4.28. The number of furan rings is 1. The Kier molecular flexibility index (Phi) is 5.16. The maximum atomic E-state index is 12.6. The Hall–Kier alpha value is -2.08. The minimum absolute atomic E-state index is 0.0228. The molecule has 2 heterocycles. The fraction of sp³-hybridized carbons (Fsp3) is 0.467. The molecule has 0 aromatic carbocycles. The van der Waals surface area contributed by atoms with Gasteiger partial charge < -0.3 is 15.1 Å². The van der Waals surface area contributed by atoms with E-state index in [1.165, 1.54) is 0 Å². The van der Waals surface area contributed by atoms with Gasteiger partial charge in [0.25, 0.3) is 5.91 Å². The third-order valence-corrected chi connectivity index (χ3v) is 3.50. The number of rotatable bonds is 7. The van der Waals surface area contributed by atoms with Gasteiger partial charge in [0, 0.05) is 18.8 Å². The summed E-state index contributed by atoms with van der Waals surface area (Å²) in [6.45, 7) is 6.30. The lowest BCUT2D eigenvalue weighted by atomic mass is 10.2. The van der Waals surface area contributed by atoms with Gasteiger partial charge in [-0.25, -0.2) is 0 Å². The van der Waals surface area contributed by atoms with Crippen molar-refractivity contribution in [1.82, 2.24) is 14.7 Å². The van der Waals surface area contributed by atoms with Crippen LogP contribution in [-0.2, 0) is 13.1 Å². The summed E-state index contributed by atoms with van der Waals surface area (Å²) >= 11 is 0. The molecule has 2 aromatic heterocycles. The molecular formula is C15H22N4O2. The summed E-state index contributed by atoms with van der Waals surface area (Å²) in [5.41, 5.74) is 7.03. The van der Waals surface area contributed by atoms with E-state index >= 15 is 0 Å². The topological polar surface area (TPSA) is 77.3 Å². The highest BCUT2D eigenvalue weighted by atomic mass is 16.3. The maximum absolute atomic E-state index is 12.6. The van der Waals surface area contributed by atoms with Crippen LogP contribution in [-0.4, -0.2) is 33.7 Å². The van der Waals surface area contributed by atoms with Gasteiger partial charge in [-0.1, -0.05) is 0 Å². The first-order valence-electron chi connectivity index (χ1n) is 7.21. The van der Waals surface area contributed by atoms with Crippen LogP contribution in [0.3, 0.4) is 0 Å². The van der Waals surface area contributed by atoms with Gasteiger partial charge in [-0.15, -0.1) is 0 Å². The number of nitrogens with zero attached hydrogens (tertiary/aromatic N) is 3. The fourth-order valence-corrected chi connectivity index (χ4v) is 2.21. The van der Waals surface area contributed by atoms with E-state index in [0.29, 0.717) is 25.2 Å². The van der Waals surface area contributed by atoms with Crippen LogP contribution in [0.25, 0.3) is 0 Å². The quantitative estimate of drug-likeness (QED) is 0.843. The third-order valence-electron chi connectivity index (χ3n) is 3.50. The molecule has 0 saturated heterocycles. The highest BCUT2D eigenvalue weighted by Crippen LogP contribution is 2.14. The Morgan fingerprint density at radius 1 is 1.52 bits per heavy atom. The average Bonchev–Trinajstić information content (AvgIpc) is 3.12. The number of amides is 1. The smallest absolute Gasteiger partial charge is 0.257 e. The Morgan fingerprint density at radius 2 is 2.33 bits per heavy atom. The van der Waals surface area contributed by atoms with Crippen molar-refractivity contribution in [2.24, 2.45) is 5.73 Å². The minimum Gasteiger partial charge on any atom is -0.467 e. The molecule has 21 heavy (non-hydrogen) atoms. The van der Waals surface area contributed by atoms with Gasteiger partial charge in [-0.3, -0.25) is 9.48 Å². The summed E-state index contributed by atoms with van der Waals surface area (Å²) in [6.07, 6.45) is 4.10. The Labute approximate surface area is 124 Å². The van der Waals surface area contributed by atoms with Gasteiger partial charge in [0.2, 0.25) is 0 Å². The van der Waals surface area contributed by atoms with Gasteiger partial charge in [0.05, 0.1) is 24.6 Å². The molecule has 2 rings (SSSR count). The molecule has 0 aliphatic heterocycles. The minimum atomic E-state index is -0.0228. The van der Waals surface area contributed by atoms with E-state index < -0.39 is 0 Å². The number of aromatic nitrogens is 2. The number of carbonyl (C=O) groups is 1. The third kappa shape index (κ3) is 3.52. The largest absolute Gasteiger partial charge is 0.467 e. The second-order valence-electron chi connectivity index (χ2n) is 4.91. The number of carbonyl (C=O) groups excluding carboxylic acids is 1. The van der Waals surface area contributed by atoms with Crippen molar-refractivity contribution in [3.05, 3.63) is 41.6 Å². The molecule has 2 aromatic rings. The lowest BCUT2D eigenvalue weighted by Gasteiger charge is -2.19. The Balaban J connectivity index is 2.12. The Morgan fingerprint density at radius 3 is 2.95 bits per heavy atom. The summed E-state index contributed by atoms with van der Waals surface area (Å²) in [6, 6.07) is 3.69. The van der Waals surface area contributed by atoms with E-state index in [1.54, 1.807) is 17.4 Å². The van der Waals surface area contributed by atoms with Crippen LogP contribution in [0.15, 0.2) is 29.0 Å². The Bertz CT molecular complexity index is 575. The number of hydrogen-bond donors (Lipinski definition) is 1. The molecule has 1 amide bonds. The van der Waals surface area contributed by atoms with Crippen LogP contribution >= 0.6 is 0 Å². The molecule has 0 unspecified atom stereocenters. The molecule has 0 radical (unpaired) electrons. The van der Waals surface area contributed by atoms with Crippen molar-refractivity contribution >= 4 is 5.91 Å². The molecule has 0 spiro atoms. The molecule has 0 atom stereocenters. The number of nitrogens with two attached hydrogens (primary N) is 1. The van der Waals surface area contributed by atoms with Crippen LogP contribution in [0, 0.1) is 6.92 Å². The van der Waals surface area contributed by atoms with Crippen molar-refractivity contribution in [2.75, 3.05) is 13.1 Å². The van der Waals surface area contributed by atoms with Crippen LogP contribution in [0.5, 0.6) is 0 Å². The summed E-state index contributed by atoms with van der Waals surface area (Å²) in [4.78, 5) is 14.4. The van der Waals surface area contributed by atoms with Crippen molar-refractivity contribution < 1.29 is 9.21 Å². The molecule has 0 aliphatic carbocycles. The predicted molar refractivity (Wildman–Crippen MR) is 79.8 cm³/mol. The molecule has 2 N–H and O–H groups in total. The van der Waals surface area contributed by atoms with E-state index in [-0.39, 0.29) is 5.91 Å². The summed E-state index contributed by atoms with van der Waals surface area (Å²) in [7, 11) is 0. The SMILES string of the molecule is CCN(Cc1ccco1)C(=O)c1cnn(CCCN)c1C. The van der Waals surface area contributed by atoms with E-state index in [4.69, 9.17) is 10.2 Å². The number of aryl methyl sites for hydroxylation is 1. The molecule has 0 fully saturated rings. The maximum Gasteiger partial charge on any atom is 0.257 e. The van der Waals surface area contributed by atoms with E-state index in [9.17, 15) is 4.79 Å². The predicted octanol–water partition coefficient (Wildman–Crippen LogP) is 1.80. The molecule has 0 bridgehead atoms. The zero-order valence-electron chi connectivity index (χ0n) is 12.6. The molecule has 0 saturated carbocycles. The second kappa shape index (κ2) is 7.08. The highest BCUT2D eigenvalue weighted by Gasteiger charge is 2.20. The second-order valence-corrected chi connectivity index (χ2v) is 4.91. The van der Waals surface area contributed by atoms with Crippen LogP contribution < -0.4 is 5.73 Å². The van der Waals surface area contributed by atoms with Gasteiger partial charge in [-0.2, -0.15) is 5.10 Å². The monoisotopic (exact) mass is 290 g/mol.